The van der Waals surface area contributed by atoms with Crippen molar-refractivity contribution >= 4 is 24.0 Å². The fourth-order valence-electron chi connectivity index (χ4n) is 3.11. The second kappa shape index (κ2) is 13.5. The second-order valence-electron chi connectivity index (χ2n) is 8.09. The predicted octanol–water partition coefficient (Wildman–Crippen LogP) is 0.804. The normalized spacial score (nSPS) is 14.8. The van der Waals surface area contributed by atoms with Crippen molar-refractivity contribution in [3.63, 3.8) is 0 Å². The lowest BCUT2D eigenvalue weighted by atomic mass is 9.98. The maximum atomic E-state index is 12.8. The molecule has 0 saturated carbocycles. The van der Waals surface area contributed by atoms with E-state index in [4.69, 9.17) is 0 Å². The van der Waals surface area contributed by atoms with Crippen molar-refractivity contribution in [2.75, 3.05) is 13.6 Å². The average molecular weight is 433 g/mol. The van der Waals surface area contributed by atoms with Gasteiger partial charge < -0.3 is 26.1 Å². The number of carbonyl (C=O) groups excluding carboxylic acids is 4. The molecule has 0 spiro atoms. The van der Waals surface area contributed by atoms with Crippen molar-refractivity contribution in [2.24, 2.45) is 11.8 Å². The Morgan fingerprint density at radius 3 is 2.16 bits per heavy atom. The Labute approximate surface area is 184 Å². The number of likely N-dealkylation sites (N-methyl/N-ethyl adjacent to an activating group) is 1. The molecule has 0 aromatic heterocycles. The number of benzene rings is 1. The summed E-state index contributed by atoms with van der Waals surface area (Å²) in [5.74, 6) is -1.15. The van der Waals surface area contributed by atoms with Crippen LogP contribution in [0.2, 0.25) is 0 Å². The lowest BCUT2D eigenvalue weighted by molar-refractivity contribution is -0.131. The first-order chi connectivity index (χ1) is 14.7. The van der Waals surface area contributed by atoms with E-state index in [9.17, 15) is 19.2 Å². The van der Waals surface area contributed by atoms with Crippen LogP contribution in [0.25, 0.3) is 0 Å². The first-order valence-electron chi connectivity index (χ1n) is 10.8. The van der Waals surface area contributed by atoms with E-state index in [-0.39, 0.29) is 30.7 Å². The van der Waals surface area contributed by atoms with Crippen LogP contribution in [0.15, 0.2) is 30.3 Å². The van der Waals surface area contributed by atoms with E-state index in [1.54, 1.807) is 7.05 Å². The lowest BCUT2D eigenvalue weighted by Gasteiger charge is -2.24. The van der Waals surface area contributed by atoms with Crippen LogP contribution in [0.3, 0.4) is 0 Å². The van der Waals surface area contributed by atoms with Gasteiger partial charge in [-0.2, -0.15) is 0 Å². The predicted molar refractivity (Wildman–Crippen MR) is 120 cm³/mol. The number of aldehydes is 1. The molecule has 0 aliphatic heterocycles. The number of hydrogen-bond donors (Lipinski definition) is 4. The monoisotopic (exact) mass is 432 g/mol. The number of amides is 3. The van der Waals surface area contributed by atoms with Gasteiger partial charge in [0, 0.05) is 6.42 Å². The molecule has 1 rings (SSSR count). The molecule has 1 aromatic carbocycles. The van der Waals surface area contributed by atoms with E-state index >= 15 is 0 Å². The van der Waals surface area contributed by atoms with Gasteiger partial charge in [-0.05, 0) is 24.4 Å². The first kappa shape index (κ1) is 26.3. The molecule has 1 aromatic rings. The highest BCUT2D eigenvalue weighted by atomic mass is 16.2. The van der Waals surface area contributed by atoms with Crippen LogP contribution in [0.4, 0.5) is 0 Å². The van der Waals surface area contributed by atoms with Gasteiger partial charge >= 0.3 is 0 Å². The largest absolute Gasteiger partial charge is 0.346 e. The Morgan fingerprint density at radius 2 is 1.65 bits per heavy atom. The third-order valence-electron chi connectivity index (χ3n) is 5.34. The van der Waals surface area contributed by atoms with Crippen LogP contribution in [0.1, 0.15) is 39.7 Å². The molecule has 4 N–H and O–H groups in total. The summed E-state index contributed by atoms with van der Waals surface area (Å²) in [7, 11) is 1.70. The molecule has 0 fully saturated rings. The minimum absolute atomic E-state index is 0.0761. The van der Waals surface area contributed by atoms with Gasteiger partial charge in [0.1, 0.15) is 12.3 Å². The topological polar surface area (TPSA) is 116 Å². The van der Waals surface area contributed by atoms with Crippen LogP contribution < -0.4 is 21.3 Å². The van der Waals surface area contributed by atoms with Crippen molar-refractivity contribution in [1.29, 1.82) is 0 Å². The van der Waals surface area contributed by atoms with Crippen LogP contribution in [-0.4, -0.2) is 55.7 Å². The Morgan fingerprint density at radius 1 is 1.00 bits per heavy atom. The van der Waals surface area contributed by atoms with Crippen molar-refractivity contribution in [1.82, 2.24) is 21.3 Å². The summed E-state index contributed by atoms with van der Waals surface area (Å²) in [6, 6.07) is 7.36. The summed E-state index contributed by atoms with van der Waals surface area (Å²) >= 11 is 0. The minimum Gasteiger partial charge on any atom is -0.346 e. The van der Waals surface area contributed by atoms with E-state index in [1.807, 2.05) is 58.0 Å². The fraction of sp³-hybridized carbons (Fsp3) is 0.565. The third kappa shape index (κ3) is 8.88. The van der Waals surface area contributed by atoms with Crippen molar-refractivity contribution in [2.45, 2.75) is 58.7 Å². The lowest BCUT2D eigenvalue weighted by Crippen LogP contribution is -2.54. The molecular weight excluding hydrogens is 396 g/mol. The summed E-state index contributed by atoms with van der Waals surface area (Å²) in [4.78, 5) is 48.9. The summed E-state index contributed by atoms with van der Waals surface area (Å²) in [6.45, 7) is 7.36. The maximum absolute atomic E-state index is 12.8. The van der Waals surface area contributed by atoms with Crippen molar-refractivity contribution < 1.29 is 19.2 Å². The van der Waals surface area contributed by atoms with Crippen molar-refractivity contribution in [3.05, 3.63) is 35.9 Å². The average Bonchev–Trinajstić information content (AvgIpc) is 2.76. The van der Waals surface area contributed by atoms with Crippen LogP contribution >= 0.6 is 0 Å². The molecule has 0 heterocycles. The highest BCUT2D eigenvalue weighted by molar-refractivity contribution is 5.92. The van der Waals surface area contributed by atoms with E-state index in [0.29, 0.717) is 6.29 Å². The molecule has 31 heavy (non-hydrogen) atoms. The Kier molecular flexibility index (Phi) is 11.5. The molecular formula is C23H36N4O4. The van der Waals surface area contributed by atoms with Gasteiger partial charge in [0.15, 0.2) is 0 Å². The Bertz CT molecular complexity index is 724. The quantitative estimate of drug-likeness (QED) is 0.344. The van der Waals surface area contributed by atoms with E-state index < -0.39 is 29.9 Å². The molecule has 8 heteroatoms. The highest BCUT2D eigenvalue weighted by Crippen LogP contribution is 2.08. The molecule has 172 valence electrons. The summed E-state index contributed by atoms with van der Waals surface area (Å²) in [6.07, 6.45) is 1.78. The van der Waals surface area contributed by atoms with Crippen LogP contribution in [0, 0.1) is 11.8 Å². The molecule has 4 unspecified atom stereocenters. The number of rotatable bonds is 13. The molecule has 0 radical (unpaired) electrons. The first-order valence-corrected chi connectivity index (χ1v) is 10.8. The van der Waals surface area contributed by atoms with Gasteiger partial charge in [0.25, 0.3) is 0 Å². The molecule has 0 aliphatic carbocycles. The van der Waals surface area contributed by atoms with Gasteiger partial charge in [-0.3, -0.25) is 14.4 Å². The SMILES string of the molecule is CCC(C)C(NC)C(=O)NCC(=O)NC(Cc1ccccc1)C(=O)NC(C=O)C(C)C. The summed E-state index contributed by atoms with van der Waals surface area (Å²) in [5.41, 5.74) is 0.867. The number of carbonyl (C=O) groups is 4. The van der Waals surface area contributed by atoms with Crippen molar-refractivity contribution in [3.8, 4) is 0 Å². The summed E-state index contributed by atoms with van der Waals surface area (Å²) in [5, 5.41) is 11.0. The fourth-order valence-corrected chi connectivity index (χ4v) is 3.11. The maximum Gasteiger partial charge on any atom is 0.243 e. The zero-order chi connectivity index (χ0) is 23.4. The smallest absolute Gasteiger partial charge is 0.243 e. The van der Waals surface area contributed by atoms with Gasteiger partial charge in [-0.1, -0.05) is 64.4 Å². The molecule has 0 saturated heterocycles. The van der Waals surface area contributed by atoms with E-state index in [0.717, 1.165) is 12.0 Å². The standard InChI is InChI=1S/C23H36N4O4/c1-6-16(4)21(24-5)23(31)25-13-20(29)26-18(12-17-10-8-7-9-11-17)22(30)27-19(14-28)15(2)3/h7-11,14-16,18-19,21,24H,6,12-13H2,1-5H3,(H,25,31)(H,26,29)(H,27,30). The van der Waals surface area contributed by atoms with Gasteiger partial charge in [-0.25, -0.2) is 0 Å². The molecule has 4 atom stereocenters. The van der Waals surface area contributed by atoms with Crippen LogP contribution in [-0.2, 0) is 25.6 Å². The third-order valence-corrected chi connectivity index (χ3v) is 5.34. The molecule has 0 bridgehead atoms. The van der Waals surface area contributed by atoms with Crippen LogP contribution in [0.5, 0.6) is 0 Å². The number of hydrogen-bond acceptors (Lipinski definition) is 5. The minimum atomic E-state index is -0.873. The van der Waals surface area contributed by atoms with Gasteiger partial charge in [0.05, 0.1) is 18.6 Å². The molecule has 0 aliphatic rings. The zero-order valence-electron chi connectivity index (χ0n) is 19.1. The van der Waals surface area contributed by atoms with Gasteiger partial charge in [0.2, 0.25) is 17.7 Å². The van der Waals surface area contributed by atoms with Gasteiger partial charge in [-0.15, -0.1) is 0 Å². The molecule has 3 amide bonds. The summed E-state index contributed by atoms with van der Waals surface area (Å²) < 4.78 is 0. The Hall–Kier alpha value is -2.74. The highest BCUT2D eigenvalue weighted by Gasteiger charge is 2.26. The molecule has 8 nitrogen and oxygen atoms in total. The second-order valence-corrected chi connectivity index (χ2v) is 8.09. The zero-order valence-corrected chi connectivity index (χ0v) is 19.1. The number of nitrogens with one attached hydrogen (secondary N) is 4. The Balaban J connectivity index is 2.81. The van der Waals surface area contributed by atoms with E-state index in [1.165, 1.54) is 0 Å². The van der Waals surface area contributed by atoms with E-state index in [2.05, 4.69) is 21.3 Å².